The molecule has 0 bridgehead atoms. The number of nitrogens with zero attached hydrogens (tertiary/aromatic N) is 2. The Morgan fingerprint density at radius 3 is 2.22 bits per heavy atom. The number of carbonyl (C=O) groups is 1. The van der Waals surface area contributed by atoms with Crippen molar-refractivity contribution < 1.29 is 40.2 Å². The molecule has 36 heavy (non-hydrogen) atoms. The second-order valence-corrected chi connectivity index (χ2v) is 10.3. The van der Waals surface area contributed by atoms with E-state index in [1.165, 1.54) is 32.7 Å². The largest absolute Gasteiger partial charge is 0.529 e. The predicted octanol–water partition coefficient (Wildman–Crippen LogP) is 3.66. The van der Waals surface area contributed by atoms with E-state index < -0.39 is 17.7 Å². The number of carbonyl (C=O) groups excluding carboxylic acids is 1. The molecule has 2 saturated carbocycles. The van der Waals surface area contributed by atoms with Crippen LogP contribution in [0.25, 0.3) is 5.48 Å². The number of halogens is 1. The van der Waals surface area contributed by atoms with Crippen LogP contribution in [-0.2, 0) is 40.2 Å². The average Bonchev–Trinajstić information content (AvgIpc) is 3.70. The summed E-state index contributed by atoms with van der Waals surface area (Å²) in [5.74, 6) is 0.529. The van der Waals surface area contributed by atoms with Gasteiger partial charge in [0.05, 0.1) is 19.4 Å². The number of hydrogen-bond acceptors (Lipinski definition) is 8. The Labute approximate surface area is 233 Å². The number of hydroxylamine groups is 1. The zero-order valence-electron chi connectivity index (χ0n) is 21.5. The molecule has 202 valence electrons. The summed E-state index contributed by atoms with van der Waals surface area (Å²) in [5.41, 5.74) is 10.1. The number of nitrogens with two attached hydrogens (primary N) is 1. The second kappa shape index (κ2) is 15.0. The van der Waals surface area contributed by atoms with Gasteiger partial charge < -0.3 is 30.8 Å². The fourth-order valence-electron chi connectivity index (χ4n) is 3.79. The number of amides is 1. The van der Waals surface area contributed by atoms with Crippen molar-refractivity contribution in [1.29, 1.82) is 10.8 Å². The van der Waals surface area contributed by atoms with E-state index in [0.717, 1.165) is 25.7 Å². The average molecular weight is 694 g/mol. The van der Waals surface area contributed by atoms with Crippen LogP contribution in [0.1, 0.15) is 46.5 Å². The molecular weight excluding hydrogens is 656 g/mol. The van der Waals surface area contributed by atoms with Gasteiger partial charge in [-0.25, -0.2) is 0 Å². The van der Waals surface area contributed by atoms with Crippen molar-refractivity contribution in [3.05, 3.63) is 29.0 Å². The van der Waals surface area contributed by atoms with Crippen LogP contribution in [0.5, 0.6) is 0 Å². The molecule has 10 nitrogen and oxygen atoms in total. The summed E-state index contributed by atoms with van der Waals surface area (Å²) in [5, 5.41) is 18.1. The fourth-order valence-corrected chi connectivity index (χ4v) is 3.91. The maximum absolute atomic E-state index is 13.3. The van der Waals surface area contributed by atoms with Crippen molar-refractivity contribution >= 4 is 34.8 Å². The molecule has 0 radical (unpaired) electrons. The minimum Gasteiger partial charge on any atom is -0.529 e. The molecule has 0 aromatic rings. The van der Waals surface area contributed by atoms with Gasteiger partial charge in [-0.1, -0.05) is 32.4 Å². The Morgan fingerprint density at radius 2 is 1.81 bits per heavy atom. The zero-order valence-corrected chi connectivity index (χ0v) is 25.2. The number of nitrogens with one attached hydrogen (secondary N) is 3. The molecule has 2 unspecified atom stereocenters. The molecule has 2 aliphatic rings. The van der Waals surface area contributed by atoms with Crippen molar-refractivity contribution in [1.82, 2.24) is 5.32 Å². The summed E-state index contributed by atoms with van der Waals surface area (Å²) in [6, 6.07) is -0.716. The van der Waals surface area contributed by atoms with Crippen LogP contribution < -0.4 is 11.1 Å². The van der Waals surface area contributed by atoms with Crippen LogP contribution in [0, 0.1) is 28.6 Å². The van der Waals surface area contributed by atoms with Gasteiger partial charge in [0.15, 0.2) is 0 Å². The molecule has 0 heterocycles. The summed E-state index contributed by atoms with van der Waals surface area (Å²) in [6.45, 7) is 5.85. The van der Waals surface area contributed by atoms with Crippen molar-refractivity contribution in [2.75, 3.05) is 20.8 Å². The minimum atomic E-state index is -0.721. The van der Waals surface area contributed by atoms with Gasteiger partial charge in [0.2, 0.25) is 5.90 Å². The number of allylic oxidation sites excluding steroid dienone is 2. The fraction of sp³-hybridized carbons (Fsp3) is 0.667. The molecular formula is C24H38ClN6O4W-. The van der Waals surface area contributed by atoms with Gasteiger partial charge in [-0.15, -0.1) is 5.54 Å². The zero-order chi connectivity index (χ0) is 26.2. The number of ether oxygens (including phenoxy) is 2. The molecule has 12 heteroatoms. The maximum Gasteiger partial charge on any atom is 0.252 e. The molecule has 5 N–H and O–H groups in total. The minimum absolute atomic E-state index is 0. The van der Waals surface area contributed by atoms with E-state index in [-0.39, 0.29) is 61.8 Å². The van der Waals surface area contributed by atoms with Crippen LogP contribution in [0.4, 0.5) is 0 Å². The smallest absolute Gasteiger partial charge is 0.252 e. The van der Waals surface area contributed by atoms with Gasteiger partial charge in [-0.2, -0.15) is 0 Å². The van der Waals surface area contributed by atoms with E-state index in [1.54, 1.807) is 0 Å². The first-order valence-electron chi connectivity index (χ1n) is 11.7. The van der Waals surface area contributed by atoms with Gasteiger partial charge in [0.1, 0.15) is 17.3 Å². The quantitative estimate of drug-likeness (QED) is 0.124. The number of rotatable bonds is 14. The molecule has 2 atom stereocenters. The normalized spacial score (nSPS) is 18.5. The first kappa shape index (κ1) is 32.4. The van der Waals surface area contributed by atoms with Crippen molar-refractivity contribution in [2.24, 2.45) is 28.5 Å². The standard InChI is InChI=1S/C24H38ClN6O4.W/c1-24(2,3)31-35-21(20(14-6-7-14)15-8-9-15)23(32)30-16(11-26)12-29-18(13-33-4)17(10-19(25)27)22(28)34-5;/h10-12,14-15,18,20-21,27-28H,6-9,13,26H2,1-5H3,(H,30,32);/q-1;/b16-11+,17-10-,27-19?,28-22?,29-12?;. The molecule has 0 spiro atoms. The number of methoxy groups -OCH3 is 2. The topological polar surface area (TPSA) is 157 Å². The van der Waals surface area contributed by atoms with Crippen LogP contribution in [0.15, 0.2) is 28.5 Å². The van der Waals surface area contributed by atoms with E-state index in [9.17, 15) is 4.79 Å². The molecule has 0 aliphatic heterocycles. The molecule has 2 aliphatic carbocycles. The molecule has 0 aromatic carbocycles. The Kier molecular flexibility index (Phi) is 13.5. The molecule has 2 rings (SSSR count). The van der Waals surface area contributed by atoms with E-state index in [4.69, 9.17) is 42.5 Å². The van der Waals surface area contributed by atoms with Crippen LogP contribution in [0.2, 0.25) is 0 Å². The molecule has 0 aromatic heterocycles. The molecule has 0 saturated heterocycles. The summed E-state index contributed by atoms with van der Waals surface area (Å²) >= 11 is 5.71. The maximum atomic E-state index is 13.3. The summed E-state index contributed by atoms with van der Waals surface area (Å²) < 4.78 is 10.2. The van der Waals surface area contributed by atoms with E-state index >= 15 is 0 Å². The SMILES string of the molecule is COCC(N=C/C(=C\N)NC(=O)C(O[N-]C(C)(C)C)C(C1CC1)C1CC1)/C(=C/C(=N)Cl)C(=N)OC.[W]. The van der Waals surface area contributed by atoms with Gasteiger partial charge in [0, 0.05) is 46.2 Å². The third kappa shape index (κ3) is 10.8. The molecule has 2 fully saturated rings. The third-order valence-electron chi connectivity index (χ3n) is 5.65. The Morgan fingerprint density at radius 1 is 1.22 bits per heavy atom. The predicted molar refractivity (Wildman–Crippen MR) is 138 cm³/mol. The number of aliphatic imine (C=N–C) groups is 1. The van der Waals surface area contributed by atoms with E-state index in [1.807, 2.05) is 20.8 Å². The van der Waals surface area contributed by atoms with Crippen molar-refractivity contribution in [2.45, 2.75) is 64.1 Å². The molecule has 1 amide bonds. The second-order valence-electron chi connectivity index (χ2n) is 9.88. The van der Waals surface area contributed by atoms with E-state index in [0.29, 0.717) is 11.8 Å². The summed E-state index contributed by atoms with van der Waals surface area (Å²) in [4.78, 5) is 23.6. The van der Waals surface area contributed by atoms with Gasteiger partial charge in [0.25, 0.3) is 5.91 Å². The van der Waals surface area contributed by atoms with Crippen LogP contribution in [0.3, 0.4) is 0 Å². The van der Waals surface area contributed by atoms with Gasteiger partial charge >= 0.3 is 0 Å². The van der Waals surface area contributed by atoms with Crippen LogP contribution >= 0.6 is 11.6 Å². The summed E-state index contributed by atoms with van der Waals surface area (Å²) in [7, 11) is 2.83. The van der Waals surface area contributed by atoms with Crippen molar-refractivity contribution in [3.8, 4) is 0 Å². The monoisotopic (exact) mass is 693 g/mol. The third-order valence-corrected chi connectivity index (χ3v) is 5.76. The van der Waals surface area contributed by atoms with Crippen molar-refractivity contribution in [3.63, 3.8) is 0 Å². The Bertz CT molecular complexity index is 853. The Balaban J connectivity index is 0.00000648. The van der Waals surface area contributed by atoms with E-state index in [2.05, 4.69) is 15.8 Å². The number of hydrogen-bond donors (Lipinski definition) is 4. The first-order chi connectivity index (χ1) is 16.5. The van der Waals surface area contributed by atoms with Gasteiger partial charge in [-0.05, 0) is 49.5 Å². The van der Waals surface area contributed by atoms with Gasteiger partial charge in [-0.3, -0.25) is 20.6 Å². The Hall–Kier alpha value is -1.58. The van der Waals surface area contributed by atoms with Crippen LogP contribution in [-0.4, -0.2) is 61.7 Å². The first-order valence-corrected chi connectivity index (χ1v) is 12.1. The summed E-state index contributed by atoms with van der Waals surface area (Å²) in [6.07, 6.45) is 7.56.